The van der Waals surface area contributed by atoms with Gasteiger partial charge < -0.3 is 20.0 Å². The number of hydrogen-bond acceptors (Lipinski definition) is 5. The van der Waals surface area contributed by atoms with Gasteiger partial charge in [-0.15, -0.1) is 0 Å². The standard InChI is InChI=1S/C15H21BrN4O4/c1-2-17-13(21)10-19-5-7-20(8-6-19)14(22)9-18-15(23)11-3-4-12(16)24-11/h3-4H,2,5-10H2,1H3,(H,17,21)(H,18,23). The minimum Gasteiger partial charge on any atom is -0.444 e. The minimum absolute atomic E-state index is 0.00542. The summed E-state index contributed by atoms with van der Waals surface area (Å²) >= 11 is 3.12. The Kier molecular flexibility index (Phi) is 6.80. The molecule has 1 aromatic heterocycles. The maximum absolute atomic E-state index is 12.1. The van der Waals surface area contributed by atoms with E-state index in [1.54, 1.807) is 11.0 Å². The zero-order chi connectivity index (χ0) is 17.5. The molecular weight excluding hydrogens is 380 g/mol. The number of furan rings is 1. The molecule has 1 fully saturated rings. The second-order valence-electron chi connectivity index (χ2n) is 5.40. The topological polar surface area (TPSA) is 94.9 Å². The minimum atomic E-state index is -0.427. The largest absolute Gasteiger partial charge is 0.444 e. The van der Waals surface area contributed by atoms with Gasteiger partial charge in [0.05, 0.1) is 13.1 Å². The fourth-order valence-electron chi connectivity index (χ4n) is 2.40. The van der Waals surface area contributed by atoms with Crippen LogP contribution in [0, 0.1) is 0 Å². The second-order valence-corrected chi connectivity index (χ2v) is 6.18. The van der Waals surface area contributed by atoms with Crippen molar-refractivity contribution in [2.45, 2.75) is 6.92 Å². The van der Waals surface area contributed by atoms with Crippen molar-refractivity contribution in [3.63, 3.8) is 0 Å². The number of piperazine rings is 1. The number of nitrogens with one attached hydrogen (secondary N) is 2. The molecule has 0 atom stereocenters. The van der Waals surface area contributed by atoms with E-state index in [-0.39, 0.29) is 24.1 Å². The fourth-order valence-corrected chi connectivity index (χ4v) is 2.71. The molecule has 0 aliphatic carbocycles. The van der Waals surface area contributed by atoms with Crippen molar-refractivity contribution in [1.29, 1.82) is 0 Å². The number of amides is 3. The highest BCUT2D eigenvalue weighted by molar-refractivity contribution is 9.10. The molecule has 132 valence electrons. The van der Waals surface area contributed by atoms with Crippen LogP contribution < -0.4 is 10.6 Å². The number of nitrogens with zero attached hydrogens (tertiary/aromatic N) is 2. The first-order chi connectivity index (χ1) is 11.5. The van der Waals surface area contributed by atoms with E-state index in [0.29, 0.717) is 43.9 Å². The van der Waals surface area contributed by atoms with Crippen molar-refractivity contribution < 1.29 is 18.8 Å². The molecule has 0 spiro atoms. The molecule has 9 heteroatoms. The summed E-state index contributed by atoms with van der Waals surface area (Å²) in [5.41, 5.74) is 0. The molecule has 2 heterocycles. The summed E-state index contributed by atoms with van der Waals surface area (Å²) in [7, 11) is 0. The average Bonchev–Trinajstić information content (AvgIpc) is 3.00. The van der Waals surface area contributed by atoms with Gasteiger partial charge in [-0.05, 0) is 35.0 Å². The number of rotatable bonds is 6. The predicted molar refractivity (Wildman–Crippen MR) is 90.4 cm³/mol. The molecule has 1 aromatic rings. The number of carbonyl (C=O) groups excluding carboxylic acids is 3. The van der Waals surface area contributed by atoms with Crippen molar-refractivity contribution in [1.82, 2.24) is 20.4 Å². The molecule has 0 saturated carbocycles. The van der Waals surface area contributed by atoms with Gasteiger partial charge in [0.15, 0.2) is 10.4 Å². The van der Waals surface area contributed by atoms with Gasteiger partial charge in [-0.2, -0.15) is 0 Å². The number of likely N-dealkylation sites (N-methyl/N-ethyl adjacent to an activating group) is 1. The first-order valence-electron chi connectivity index (χ1n) is 7.80. The Bertz CT molecular complexity index is 596. The molecule has 1 saturated heterocycles. The van der Waals surface area contributed by atoms with Crippen molar-refractivity contribution in [2.24, 2.45) is 0 Å². The molecule has 3 amide bonds. The molecule has 24 heavy (non-hydrogen) atoms. The number of halogens is 1. The average molecular weight is 401 g/mol. The van der Waals surface area contributed by atoms with Gasteiger partial charge in [-0.25, -0.2) is 0 Å². The van der Waals surface area contributed by atoms with E-state index in [1.807, 2.05) is 11.8 Å². The summed E-state index contributed by atoms with van der Waals surface area (Å²) in [6.45, 7) is 5.13. The van der Waals surface area contributed by atoms with Gasteiger partial charge in [0, 0.05) is 32.7 Å². The van der Waals surface area contributed by atoms with Crippen LogP contribution in [0.25, 0.3) is 0 Å². The summed E-state index contributed by atoms with van der Waals surface area (Å²) in [4.78, 5) is 39.2. The van der Waals surface area contributed by atoms with Crippen LogP contribution in [0.5, 0.6) is 0 Å². The number of hydrogen-bond donors (Lipinski definition) is 2. The van der Waals surface area contributed by atoms with Crippen LogP contribution in [-0.2, 0) is 9.59 Å². The normalized spacial score (nSPS) is 15.2. The Hall–Kier alpha value is -1.87. The zero-order valence-corrected chi connectivity index (χ0v) is 15.1. The summed E-state index contributed by atoms with van der Waals surface area (Å²) in [5, 5.41) is 5.30. The van der Waals surface area contributed by atoms with Crippen molar-refractivity contribution in [3.05, 3.63) is 22.6 Å². The van der Waals surface area contributed by atoms with Gasteiger partial charge in [0.1, 0.15) is 0 Å². The summed E-state index contributed by atoms with van der Waals surface area (Å²) in [6, 6.07) is 3.15. The molecule has 0 bridgehead atoms. The third-order valence-electron chi connectivity index (χ3n) is 3.66. The Morgan fingerprint density at radius 2 is 1.88 bits per heavy atom. The lowest BCUT2D eigenvalue weighted by atomic mass is 10.3. The van der Waals surface area contributed by atoms with Crippen LogP contribution in [0.15, 0.2) is 21.2 Å². The van der Waals surface area contributed by atoms with Crippen molar-refractivity contribution in [3.8, 4) is 0 Å². The van der Waals surface area contributed by atoms with E-state index in [4.69, 9.17) is 4.42 Å². The van der Waals surface area contributed by atoms with Crippen LogP contribution in [0.4, 0.5) is 0 Å². The monoisotopic (exact) mass is 400 g/mol. The number of carbonyl (C=O) groups is 3. The Labute approximate surface area is 148 Å². The summed E-state index contributed by atoms with van der Waals surface area (Å²) in [6.07, 6.45) is 0. The first-order valence-corrected chi connectivity index (χ1v) is 8.59. The molecule has 1 aliphatic rings. The molecule has 2 N–H and O–H groups in total. The van der Waals surface area contributed by atoms with E-state index in [9.17, 15) is 14.4 Å². The molecule has 0 aromatic carbocycles. The van der Waals surface area contributed by atoms with E-state index >= 15 is 0 Å². The molecule has 0 unspecified atom stereocenters. The third-order valence-corrected chi connectivity index (χ3v) is 4.09. The van der Waals surface area contributed by atoms with Crippen LogP contribution in [0.3, 0.4) is 0 Å². The van der Waals surface area contributed by atoms with Gasteiger partial charge >= 0.3 is 0 Å². The van der Waals surface area contributed by atoms with E-state index in [1.165, 1.54) is 6.07 Å². The smallest absolute Gasteiger partial charge is 0.287 e. The highest BCUT2D eigenvalue weighted by Crippen LogP contribution is 2.13. The zero-order valence-electron chi connectivity index (χ0n) is 13.5. The van der Waals surface area contributed by atoms with Crippen LogP contribution in [0.1, 0.15) is 17.5 Å². The predicted octanol–water partition coefficient (Wildman–Crippen LogP) is 0.0522. The van der Waals surface area contributed by atoms with Gasteiger partial charge in [-0.3, -0.25) is 19.3 Å². The molecule has 8 nitrogen and oxygen atoms in total. The SMILES string of the molecule is CCNC(=O)CN1CCN(C(=O)CNC(=O)c2ccc(Br)o2)CC1. The van der Waals surface area contributed by atoms with Gasteiger partial charge in [0.2, 0.25) is 11.8 Å². The van der Waals surface area contributed by atoms with Crippen LogP contribution >= 0.6 is 15.9 Å². The molecule has 1 aliphatic heterocycles. The molecule has 0 radical (unpaired) electrons. The summed E-state index contributed by atoms with van der Waals surface area (Å²) in [5.74, 6) is -0.425. The molecule has 2 rings (SSSR count). The van der Waals surface area contributed by atoms with Crippen molar-refractivity contribution in [2.75, 3.05) is 45.8 Å². The van der Waals surface area contributed by atoms with Crippen molar-refractivity contribution >= 4 is 33.7 Å². The van der Waals surface area contributed by atoms with Gasteiger partial charge in [-0.1, -0.05) is 0 Å². The maximum Gasteiger partial charge on any atom is 0.287 e. The van der Waals surface area contributed by atoms with Crippen LogP contribution in [-0.4, -0.2) is 73.3 Å². The highest BCUT2D eigenvalue weighted by atomic mass is 79.9. The van der Waals surface area contributed by atoms with Gasteiger partial charge in [0.25, 0.3) is 5.91 Å². The van der Waals surface area contributed by atoms with E-state index in [0.717, 1.165) is 0 Å². The Morgan fingerprint density at radius 3 is 2.46 bits per heavy atom. The second kappa shape index (κ2) is 8.84. The lowest BCUT2D eigenvalue weighted by Gasteiger charge is -2.34. The lowest BCUT2D eigenvalue weighted by molar-refractivity contribution is -0.132. The highest BCUT2D eigenvalue weighted by Gasteiger charge is 2.22. The Morgan fingerprint density at radius 1 is 1.17 bits per heavy atom. The van der Waals surface area contributed by atoms with E-state index in [2.05, 4.69) is 26.6 Å². The van der Waals surface area contributed by atoms with E-state index < -0.39 is 5.91 Å². The Balaban J connectivity index is 1.71. The fraction of sp³-hybridized carbons (Fsp3) is 0.533. The van der Waals surface area contributed by atoms with Crippen LogP contribution in [0.2, 0.25) is 0 Å². The quantitative estimate of drug-likeness (QED) is 0.703. The molecular formula is C15H21BrN4O4. The third kappa shape index (κ3) is 5.34. The first kappa shape index (κ1) is 18.5. The maximum atomic E-state index is 12.1. The summed E-state index contributed by atoms with van der Waals surface area (Å²) < 4.78 is 5.59. The lowest BCUT2D eigenvalue weighted by Crippen LogP contribution is -2.52.